The highest BCUT2D eigenvalue weighted by Crippen LogP contribution is 2.31. The first-order chi connectivity index (χ1) is 10.1. The third-order valence-electron chi connectivity index (χ3n) is 3.79. The minimum Gasteiger partial charge on any atom is -0.478 e. The fraction of sp³-hybridized carbons (Fsp3) is 0.176. The maximum absolute atomic E-state index is 11.0. The van der Waals surface area contributed by atoms with Crippen LogP contribution in [-0.2, 0) is 13.1 Å². The van der Waals surface area contributed by atoms with Crippen molar-refractivity contribution in [3.05, 3.63) is 64.2 Å². The van der Waals surface area contributed by atoms with Crippen molar-refractivity contribution in [1.29, 1.82) is 5.26 Å². The van der Waals surface area contributed by atoms with Gasteiger partial charge in [-0.2, -0.15) is 5.26 Å². The van der Waals surface area contributed by atoms with Gasteiger partial charge in [0, 0.05) is 13.1 Å². The van der Waals surface area contributed by atoms with Gasteiger partial charge >= 0.3 is 5.97 Å². The lowest BCUT2D eigenvalue weighted by atomic mass is 10.1. The summed E-state index contributed by atoms with van der Waals surface area (Å²) in [7, 11) is 0. The second-order valence-corrected chi connectivity index (χ2v) is 5.28. The van der Waals surface area contributed by atoms with Crippen LogP contribution >= 0.6 is 0 Å². The zero-order valence-electron chi connectivity index (χ0n) is 11.6. The number of aryl methyl sites for hydroxylation is 1. The average molecular weight is 278 g/mol. The highest BCUT2D eigenvalue weighted by atomic mass is 16.4. The number of carboxylic acid groups (broad SMARTS) is 1. The molecule has 4 heteroatoms. The van der Waals surface area contributed by atoms with Gasteiger partial charge in [0.15, 0.2) is 0 Å². The molecule has 4 nitrogen and oxygen atoms in total. The first-order valence-corrected chi connectivity index (χ1v) is 6.69. The van der Waals surface area contributed by atoms with Crippen LogP contribution in [-0.4, -0.2) is 11.1 Å². The van der Waals surface area contributed by atoms with E-state index in [-0.39, 0.29) is 0 Å². The molecule has 0 amide bonds. The highest BCUT2D eigenvalue weighted by Gasteiger charge is 2.22. The number of aromatic carboxylic acids is 1. The van der Waals surface area contributed by atoms with Crippen LogP contribution < -0.4 is 4.90 Å². The van der Waals surface area contributed by atoms with E-state index in [1.165, 1.54) is 0 Å². The third-order valence-corrected chi connectivity index (χ3v) is 3.79. The molecule has 1 aliphatic heterocycles. The van der Waals surface area contributed by atoms with Crippen molar-refractivity contribution >= 4 is 11.7 Å². The minimum absolute atomic E-state index is 0.306. The summed E-state index contributed by atoms with van der Waals surface area (Å²) in [6.07, 6.45) is 0. The van der Waals surface area contributed by atoms with Crippen LogP contribution in [0.2, 0.25) is 0 Å². The van der Waals surface area contributed by atoms with E-state index in [1.54, 1.807) is 12.1 Å². The predicted molar refractivity (Wildman–Crippen MR) is 79.2 cm³/mol. The predicted octanol–water partition coefficient (Wildman–Crippen LogP) is 3.09. The normalized spacial score (nSPS) is 12.9. The Kier molecular flexibility index (Phi) is 3.11. The Bertz CT molecular complexity index is 775. The fourth-order valence-electron chi connectivity index (χ4n) is 2.71. The lowest BCUT2D eigenvalue weighted by molar-refractivity contribution is 0.0697. The monoisotopic (exact) mass is 278 g/mol. The molecule has 0 unspecified atom stereocenters. The molecule has 1 aliphatic rings. The summed E-state index contributed by atoms with van der Waals surface area (Å²) in [6.45, 7) is 3.30. The van der Waals surface area contributed by atoms with Crippen LogP contribution in [0, 0.1) is 18.3 Å². The summed E-state index contributed by atoms with van der Waals surface area (Å²) in [6, 6.07) is 13.3. The molecule has 1 N–H and O–H groups in total. The molecule has 0 spiro atoms. The average Bonchev–Trinajstić information content (AvgIpc) is 2.89. The zero-order chi connectivity index (χ0) is 15.0. The SMILES string of the molecule is Cc1ccc(N2Cc3ccc(C(=O)O)cc3C2)c(C#N)c1. The van der Waals surface area contributed by atoms with Gasteiger partial charge in [-0.15, -0.1) is 0 Å². The van der Waals surface area contributed by atoms with Gasteiger partial charge in [0.25, 0.3) is 0 Å². The zero-order valence-corrected chi connectivity index (χ0v) is 11.6. The first kappa shape index (κ1) is 13.2. The van der Waals surface area contributed by atoms with E-state index in [1.807, 2.05) is 31.2 Å². The second-order valence-electron chi connectivity index (χ2n) is 5.28. The number of rotatable bonds is 2. The summed E-state index contributed by atoms with van der Waals surface area (Å²) in [5.74, 6) is -0.913. The molecule has 2 aromatic carbocycles. The molecule has 21 heavy (non-hydrogen) atoms. The van der Waals surface area contributed by atoms with E-state index in [0.29, 0.717) is 24.2 Å². The first-order valence-electron chi connectivity index (χ1n) is 6.69. The topological polar surface area (TPSA) is 64.3 Å². The molecular weight excluding hydrogens is 264 g/mol. The molecule has 3 rings (SSSR count). The number of benzene rings is 2. The smallest absolute Gasteiger partial charge is 0.335 e. The molecule has 0 saturated heterocycles. The molecule has 0 radical (unpaired) electrons. The van der Waals surface area contributed by atoms with E-state index in [0.717, 1.165) is 22.4 Å². The summed E-state index contributed by atoms with van der Waals surface area (Å²) in [4.78, 5) is 13.1. The molecule has 0 saturated carbocycles. The molecule has 0 fully saturated rings. The Hall–Kier alpha value is -2.80. The number of nitrogens with zero attached hydrogens (tertiary/aromatic N) is 2. The second kappa shape index (κ2) is 4.95. The Labute approximate surface area is 122 Å². The number of fused-ring (bicyclic) bond motifs is 1. The van der Waals surface area contributed by atoms with Gasteiger partial charge in [0.05, 0.1) is 16.8 Å². The molecule has 2 aromatic rings. The summed E-state index contributed by atoms with van der Waals surface area (Å²) in [5.41, 5.74) is 5.04. The van der Waals surface area contributed by atoms with Crippen molar-refractivity contribution in [2.75, 3.05) is 4.90 Å². The number of carboxylic acids is 1. The summed E-state index contributed by atoms with van der Waals surface area (Å²) < 4.78 is 0. The lowest BCUT2D eigenvalue weighted by Gasteiger charge is -2.19. The number of nitriles is 1. The molecule has 0 bridgehead atoms. The largest absolute Gasteiger partial charge is 0.478 e. The van der Waals surface area contributed by atoms with Gasteiger partial charge in [-0.3, -0.25) is 0 Å². The van der Waals surface area contributed by atoms with Crippen molar-refractivity contribution in [2.24, 2.45) is 0 Å². The van der Waals surface area contributed by atoms with Crippen LogP contribution in [0.1, 0.15) is 32.6 Å². The van der Waals surface area contributed by atoms with Crippen LogP contribution in [0.3, 0.4) is 0 Å². The van der Waals surface area contributed by atoms with Crippen LogP contribution in [0.5, 0.6) is 0 Å². The standard InChI is InChI=1S/C17H14N2O2/c1-11-2-5-16(14(6-11)8-18)19-9-13-4-3-12(17(20)21)7-15(13)10-19/h2-7H,9-10H2,1H3,(H,20,21). The molecule has 0 atom stereocenters. The minimum atomic E-state index is -0.913. The Morgan fingerprint density at radius 2 is 1.95 bits per heavy atom. The maximum Gasteiger partial charge on any atom is 0.335 e. The summed E-state index contributed by atoms with van der Waals surface area (Å²) in [5, 5.41) is 18.3. The van der Waals surface area contributed by atoms with Crippen LogP contribution in [0.15, 0.2) is 36.4 Å². The maximum atomic E-state index is 11.0. The van der Waals surface area contributed by atoms with Gasteiger partial charge < -0.3 is 10.0 Å². The molecule has 1 heterocycles. The third kappa shape index (κ3) is 2.34. The van der Waals surface area contributed by atoms with Crippen molar-refractivity contribution in [2.45, 2.75) is 20.0 Å². The Morgan fingerprint density at radius 1 is 1.19 bits per heavy atom. The van der Waals surface area contributed by atoms with E-state index in [2.05, 4.69) is 11.0 Å². The molecule has 0 aromatic heterocycles. The van der Waals surface area contributed by atoms with Crippen LogP contribution in [0.4, 0.5) is 5.69 Å². The number of hydrogen-bond donors (Lipinski definition) is 1. The lowest BCUT2D eigenvalue weighted by Crippen LogP contribution is -2.15. The number of hydrogen-bond acceptors (Lipinski definition) is 3. The van der Waals surface area contributed by atoms with Gasteiger partial charge in [0.2, 0.25) is 0 Å². The van der Waals surface area contributed by atoms with E-state index in [9.17, 15) is 10.1 Å². The summed E-state index contributed by atoms with van der Waals surface area (Å²) >= 11 is 0. The number of anilines is 1. The quantitative estimate of drug-likeness (QED) is 0.916. The van der Waals surface area contributed by atoms with Crippen molar-refractivity contribution in [3.63, 3.8) is 0 Å². The van der Waals surface area contributed by atoms with Crippen molar-refractivity contribution < 1.29 is 9.90 Å². The molecule has 104 valence electrons. The van der Waals surface area contributed by atoms with E-state index >= 15 is 0 Å². The Balaban J connectivity index is 1.95. The number of carbonyl (C=O) groups is 1. The van der Waals surface area contributed by atoms with Gasteiger partial charge in [-0.25, -0.2) is 4.79 Å². The van der Waals surface area contributed by atoms with E-state index < -0.39 is 5.97 Å². The molecular formula is C17H14N2O2. The molecule has 0 aliphatic carbocycles. The van der Waals surface area contributed by atoms with E-state index in [4.69, 9.17) is 5.11 Å². The van der Waals surface area contributed by atoms with Crippen molar-refractivity contribution in [1.82, 2.24) is 0 Å². The van der Waals surface area contributed by atoms with Gasteiger partial charge in [-0.05, 0) is 47.9 Å². The highest BCUT2D eigenvalue weighted by molar-refractivity contribution is 5.88. The van der Waals surface area contributed by atoms with Gasteiger partial charge in [-0.1, -0.05) is 12.1 Å². The van der Waals surface area contributed by atoms with Gasteiger partial charge in [0.1, 0.15) is 6.07 Å². The Morgan fingerprint density at radius 3 is 2.67 bits per heavy atom. The van der Waals surface area contributed by atoms with Crippen LogP contribution in [0.25, 0.3) is 0 Å². The van der Waals surface area contributed by atoms with Crippen molar-refractivity contribution in [3.8, 4) is 6.07 Å². The fourth-order valence-corrected chi connectivity index (χ4v) is 2.71.